The topological polar surface area (TPSA) is 49.4 Å². The zero-order chi connectivity index (χ0) is 17.5. The quantitative estimate of drug-likeness (QED) is 0.820. The summed E-state index contributed by atoms with van der Waals surface area (Å²) in [6.45, 7) is 2.35. The van der Waals surface area contributed by atoms with Crippen molar-refractivity contribution in [3.05, 3.63) is 65.7 Å². The van der Waals surface area contributed by atoms with Gasteiger partial charge in [-0.1, -0.05) is 30.3 Å². The largest absolute Gasteiger partial charge is 0.351 e. The Hall–Kier alpha value is -2.27. The number of rotatable bonds is 6. The fourth-order valence-corrected chi connectivity index (χ4v) is 3.03. The van der Waals surface area contributed by atoms with E-state index in [9.17, 15) is 9.59 Å². The second-order valence-electron chi connectivity index (χ2n) is 5.69. The van der Waals surface area contributed by atoms with Crippen molar-refractivity contribution < 1.29 is 9.59 Å². The van der Waals surface area contributed by atoms with Gasteiger partial charge in [-0.3, -0.25) is 9.59 Å². The SMILES string of the molecule is CC(Sc1ccccc1)C(=O)NCc1ccc(C(=O)N(C)C)cc1. The molecular weight excluding hydrogens is 320 g/mol. The number of amides is 2. The molecule has 1 N–H and O–H groups in total. The van der Waals surface area contributed by atoms with Gasteiger partial charge in [0.2, 0.25) is 5.91 Å². The first-order valence-electron chi connectivity index (χ1n) is 7.77. The molecule has 126 valence electrons. The lowest BCUT2D eigenvalue weighted by Crippen LogP contribution is -2.30. The smallest absolute Gasteiger partial charge is 0.253 e. The van der Waals surface area contributed by atoms with Gasteiger partial charge in [-0.25, -0.2) is 0 Å². The predicted octanol–water partition coefficient (Wildman–Crippen LogP) is 3.19. The molecule has 2 amide bonds. The van der Waals surface area contributed by atoms with E-state index in [1.54, 1.807) is 31.1 Å². The average molecular weight is 342 g/mol. The molecule has 0 aliphatic heterocycles. The minimum atomic E-state index is -0.165. The number of benzene rings is 2. The van der Waals surface area contributed by atoms with E-state index in [-0.39, 0.29) is 17.1 Å². The standard InChI is InChI=1S/C19H22N2O2S/c1-14(24-17-7-5-4-6-8-17)18(22)20-13-15-9-11-16(12-10-15)19(23)21(2)3/h4-12,14H,13H2,1-3H3,(H,20,22). The van der Waals surface area contributed by atoms with Gasteiger partial charge in [0.05, 0.1) is 5.25 Å². The normalized spacial score (nSPS) is 11.6. The molecule has 0 bridgehead atoms. The summed E-state index contributed by atoms with van der Waals surface area (Å²) in [5.74, 6) is -0.0317. The van der Waals surface area contributed by atoms with Gasteiger partial charge in [-0.05, 0) is 36.8 Å². The van der Waals surface area contributed by atoms with E-state index in [1.807, 2.05) is 49.4 Å². The highest BCUT2D eigenvalue weighted by Crippen LogP contribution is 2.22. The summed E-state index contributed by atoms with van der Waals surface area (Å²) in [6.07, 6.45) is 0. The molecule has 5 heteroatoms. The van der Waals surface area contributed by atoms with E-state index in [0.29, 0.717) is 12.1 Å². The molecule has 1 unspecified atom stereocenters. The van der Waals surface area contributed by atoms with Gasteiger partial charge >= 0.3 is 0 Å². The van der Waals surface area contributed by atoms with E-state index in [1.165, 1.54) is 11.8 Å². The van der Waals surface area contributed by atoms with E-state index < -0.39 is 0 Å². The lowest BCUT2D eigenvalue weighted by atomic mass is 10.1. The Labute approximate surface area is 147 Å². The summed E-state index contributed by atoms with van der Waals surface area (Å²) < 4.78 is 0. The molecule has 24 heavy (non-hydrogen) atoms. The highest BCUT2D eigenvalue weighted by atomic mass is 32.2. The van der Waals surface area contributed by atoms with Crippen LogP contribution in [0.3, 0.4) is 0 Å². The summed E-state index contributed by atoms with van der Waals surface area (Å²) in [5.41, 5.74) is 1.61. The molecule has 0 spiro atoms. The van der Waals surface area contributed by atoms with Crippen LogP contribution < -0.4 is 5.32 Å². The predicted molar refractivity (Wildman–Crippen MR) is 98.1 cm³/mol. The molecule has 0 aromatic heterocycles. The van der Waals surface area contributed by atoms with Crippen LogP contribution in [0.25, 0.3) is 0 Å². The summed E-state index contributed by atoms with van der Waals surface area (Å²) >= 11 is 1.53. The molecular formula is C19H22N2O2S. The van der Waals surface area contributed by atoms with Crippen molar-refractivity contribution in [1.29, 1.82) is 0 Å². The summed E-state index contributed by atoms with van der Waals surface area (Å²) in [6, 6.07) is 17.2. The van der Waals surface area contributed by atoms with E-state index in [4.69, 9.17) is 0 Å². The lowest BCUT2D eigenvalue weighted by Gasteiger charge is -2.13. The van der Waals surface area contributed by atoms with Crippen molar-refractivity contribution in [2.75, 3.05) is 14.1 Å². The van der Waals surface area contributed by atoms with Crippen LogP contribution in [-0.4, -0.2) is 36.1 Å². The van der Waals surface area contributed by atoms with Gasteiger partial charge in [0.15, 0.2) is 0 Å². The third-order valence-corrected chi connectivity index (χ3v) is 4.61. The number of nitrogens with zero attached hydrogens (tertiary/aromatic N) is 1. The Kier molecular flexibility index (Phi) is 6.44. The van der Waals surface area contributed by atoms with Crippen molar-refractivity contribution in [1.82, 2.24) is 10.2 Å². The fraction of sp³-hybridized carbons (Fsp3) is 0.263. The van der Waals surface area contributed by atoms with Crippen LogP contribution >= 0.6 is 11.8 Å². The number of carbonyl (C=O) groups is 2. The fourth-order valence-electron chi connectivity index (χ4n) is 2.11. The maximum absolute atomic E-state index is 12.2. The minimum absolute atomic E-state index is 0.00250. The summed E-state index contributed by atoms with van der Waals surface area (Å²) in [4.78, 5) is 26.6. The number of hydrogen-bond acceptors (Lipinski definition) is 3. The second-order valence-corrected chi connectivity index (χ2v) is 7.10. The molecule has 0 fully saturated rings. The second kappa shape index (κ2) is 8.55. The molecule has 4 nitrogen and oxygen atoms in total. The van der Waals surface area contributed by atoms with Gasteiger partial charge in [-0.2, -0.15) is 0 Å². The molecule has 2 aromatic carbocycles. The van der Waals surface area contributed by atoms with Crippen molar-refractivity contribution >= 4 is 23.6 Å². The van der Waals surface area contributed by atoms with Crippen LogP contribution in [0.4, 0.5) is 0 Å². The Morgan fingerprint density at radius 2 is 1.67 bits per heavy atom. The third-order valence-electron chi connectivity index (χ3n) is 3.50. The first kappa shape index (κ1) is 18.1. The Morgan fingerprint density at radius 1 is 1.04 bits per heavy atom. The van der Waals surface area contributed by atoms with E-state index in [2.05, 4.69) is 5.32 Å². The van der Waals surface area contributed by atoms with Gasteiger partial charge in [-0.15, -0.1) is 11.8 Å². The molecule has 0 radical (unpaired) electrons. The molecule has 2 rings (SSSR count). The highest BCUT2D eigenvalue weighted by Gasteiger charge is 2.14. The van der Waals surface area contributed by atoms with Gasteiger partial charge in [0.25, 0.3) is 5.91 Å². The van der Waals surface area contributed by atoms with E-state index in [0.717, 1.165) is 10.5 Å². The van der Waals surface area contributed by atoms with Crippen molar-refractivity contribution in [3.8, 4) is 0 Å². The summed E-state index contributed by atoms with van der Waals surface area (Å²) in [5, 5.41) is 2.77. The van der Waals surface area contributed by atoms with E-state index >= 15 is 0 Å². The van der Waals surface area contributed by atoms with Crippen molar-refractivity contribution in [2.24, 2.45) is 0 Å². The van der Waals surface area contributed by atoms with Crippen LogP contribution in [0, 0.1) is 0 Å². The Balaban J connectivity index is 1.86. The van der Waals surface area contributed by atoms with Gasteiger partial charge in [0.1, 0.15) is 0 Å². The first-order chi connectivity index (χ1) is 11.5. The van der Waals surface area contributed by atoms with Gasteiger partial charge < -0.3 is 10.2 Å². The highest BCUT2D eigenvalue weighted by molar-refractivity contribution is 8.00. The van der Waals surface area contributed by atoms with Crippen molar-refractivity contribution in [2.45, 2.75) is 23.6 Å². The monoisotopic (exact) mass is 342 g/mol. The van der Waals surface area contributed by atoms with Crippen LogP contribution in [0.1, 0.15) is 22.8 Å². The maximum atomic E-state index is 12.2. The maximum Gasteiger partial charge on any atom is 0.253 e. The minimum Gasteiger partial charge on any atom is -0.351 e. The molecule has 0 aliphatic rings. The number of thioether (sulfide) groups is 1. The summed E-state index contributed by atoms with van der Waals surface area (Å²) in [7, 11) is 3.45. The zero-order valence-electron chi connectivity index (χ0n) is 14.2. The van der Waals surface area contributed by atoms with Crippen LogP contribution in [0.15, 0.2) is 59.5 Å². The van der Waals surface area contributed by atoms with Crippen LogP contribution in [-0.2, 0) is 11.3 Å². The number of carbonyl (C=O) groups excluding carboxylic acids is 2. The third kappa shape index (κ3) is 5.13. The van der Waals surface area contributed by atoms with Crippen LogP contribution in [0.5, 0.6) is 0 Å². The van der Waals surface area contributed by atoms with Crippen molar-refractivity contribution in [3.63, 3.8) is 0 Å². The number of hydrogen-bond donors (Lipinski definition) is 1. The lowest BCUT2D eigenvalue weighted by molar-refractivity contribution is -0.120. The Bertz CT molecular complexity index is 684. The van der Waals surface area contributed by atoms with Crippen LogP contribution in [0.2, 0.25) is 0 Å². The number of nitrogens with one attached hydrogen (secondary N) is 1. The molecule has 0 heterocycles. The zero-order valence-corrected chi connectivity index (χ0v) is 15.0. The molecule has 1 atom stereocenters. The Morgan fingerprint density at radius 3 is 2.25 bits per heavy atom. The molecule has 0 aliphatic carbocycles. The average Bonchev–Trinajstić information content (AvgIpc) is 2.60. The molecule has 2 aromatic rings. The first-order valence-corrected chi connectivity index (χ1v) is 8.65. The molecule has 0 saturated carbocycles. The van der Waals surface area contributed by atoms with Gasteiger partial charge in [0, 0.05) is 31.1 Å². The molecule has 0 saturated heterocycles.